The molecule has 0 aliphatic carbocycles. The number of hydrogen-bond acceptors (Lipinski definition) is 14. The summed E-state index contributed by atoms with van der Waals surface area (Å²) in [5.74, 6) is -0.619. The smallest absolute Gasteiger partial charge is 0.261 e. The van der Waals surface area contributed by atoms with E-state index in [1.54, 1.807) is 7.11 Å². The lowest BCUT2D eigenvalue weighted by atomic mass is 9.81. The fourth-order valence-electron chi connectivity index (χ4n) is 11.3. The molecule has 12 bridgehead atoms. The Morgan fingerprint density at radius 2 is 1.51 bits per heavy atom. The summed E-state index contributed by atoms with van der Waals surface area (Å²) in [5, 5.41) is 10.5. The van der Waals surface area contributed by atoms with Crippen LogP contribution in [0.25, 0.3) is 0 Å². The van der Waals surface area contributed by atoms with E-state index >= 15 is 0 Å². The summed E-state index contributed by atoms with van der Waals surface area (Å²) in [7, 11) is -2.01. The molecule has 1 spiro atoms. The van der Waals surface area contributed by atoms with Gasteiger partial charge in [0.25, 0.3) is 10.1 Å². The number of Topliss-reactive ketones (excluding diaryl/α,β-unsaturated/α-hetero) is 1. The highest BCUT2D eigenvalue weighted by atomic mass is 32.2. The van der Waals surface area contributed by atoms with Crippen LogP contribution < -0.4 is 5.73 Å². The second kappa shape index (κ2) is 16.8. The molecule has 4 N–H and O–H groups in total. The Kier molecular flexibility index (Phi) is 12.5. The standard InChI is InChI=1S/C40H59NO11.CH4O3S/c1-19-11-24-5-7-28-20(2)12-26(45-28)9-10-40-17-33-36(51-40)37-38(50-33)39(52-40)35-29(49-37)8-6-25(47-35)13-22(42)14-27-31(16-30(46-24)21(19)3)48-32(34(27)44-4)15-23(43)18-41;1-5(2,3)4/h19,23-39,43H,2-3,5-18,41H2,1,4H3;1H3,(H,2,3,4)/t19-,23+,24+,25?,26+,27+,28?,29+,30?,31+,32-,33-,34-,35+,36?,37+,38-,39+,40+;/m1./s1. The van der Waals surface area contributed by atoms with Gasteiger partial charge in [0.1, 0.15) is 36.3 Å². The topological polar surface area (TPSA) is 201 Å². The van der Waals surface area contributed by atoms with Crippen LogP contribution in [0.5, 0.6) is 0 Å². The molecule has 57 heavy (non-hydrogen) atoms. The molecule has 0 radical (unpaired) electrons. The minimum atomic E-state index is -3.67. The third kappa shape index (κ3) is 9.00. The predicted octanol–water partition coefficient (Wildman–Crippen LogP) is 2.94. The zero-order chi connectivity index (χ0) is 40.4. The summed E-state index contributed by atoms with van der Waals surface area (Å²) < 4.78 is 85.9. The van der Waals surface area contributed by atoms with Crippen LogP contribution in [0.2, 0.25) is 0 Å². The molecule has 0 aromatic heterocycles. The van der Waals surface area contributed by atoms with Gasteiger partial charge in [-0.15, -0.1) is 0 Å². The zero-order valence-electron chi connectivity index (χ0n) is 33.5. The van der Waals surface area contributed by atoms with Crippen molar-refractivity contribution in [2.45, 2.75) is 194 Å². The highest BCUT2D eigenvalue weighted by Gasteiger charge is 2.68. The number of hydrogen-bond donors (Lipinski definition) is 3. The lowest BCUT2D eigenvalue weighted by Gasteiger charge is -2.47. The van der Waals surface area contributed by atoms with Crippen molar-refractivity contribution >= 4 is 15.9 Å². The third-order valence-corrected chi connectivity index (χ3v) is 14.0. The average molecular weight is 826 g/mol. The molecule has 19 atom stereocenters. The number of carbonyl (C=O) groups excluding carboxylic acids is 1. The van der Waals surface area contributed by atoms with Crippen LogP contribution in [0.3, 0.4) is 0 Å². The molecule has 0 aromatic carbocycles. The van der Waals surface area contributed by atoms with Gasteiger partial charge in [-0.05, 0) is 62.0 Å². The Labute approximate surface area is 336 Å². The fraction of sp³-hybridized carbons (Fsp3) is 0.878. The molecule has 0 aromatic rings. The molecular formula is C41H63NO14S. The maximum Gasteiger partial charge on any atom is 0.261 e. The molecule has 10 saturated heterocycles. The van der Waals surface area contributed by atoms with Crippen molar-refractivity contribution in [2.75, 3.05) is 19.9 Å². The van der Waals surface area contributed by atoms with E-state index < -0.39 is 28.1 Å². The van der Waals surface area contributed by atoms with Crippen LogP contribution in [0.15, 0.2) is 24.3 Å². The quantitative estimate of drug-likeness (QED) is 0.276. The van der Waals surface area contributed by atoms with Crippen LogP contribution in [0.1, 0.15) is 90.4 Å². The summed E-state index contributed by atoms with van der Waals surface area (Å²) in [6.07, 6.45) is 5.57. The van der Waals surface area contributed by atoms with Crippen molar-refractivity contribution in [2.24, 2.45) is 17.6 Å². The van der Waals surface area contributed by atoms with E-state index in [1.807, 2.05) is 0 Å². The molecule has 16 heteroatoms. The Balaban J connectivity index is 0.000000859. The molecule has 10 heterocycles. The van der Waals surface area contributed by atoms with Crippen molar-refractivity contribution in [1.29, 1.82) is 0 Å². The Morgan fingerprint density at radius 3 is 2.26 bits per heavy atom. The summed E-state index contributed by atoms with van der Waals surface area (Å²) in [6.45, 7) is 11.3. The largest absolute Gasteiger partial charge is 0.392 e. The molecule has 10 fully saturated rings. The number of methoxy groups -OCH3 is 1. The molecule has 0 saturated carbocycles. The number of aliphatic hydroxyl groups excluding tert-OH is 1. The van der Waals surface area contributed by atoms with Crippen molar-refractivity contribution in [1.82, 2.24) is 0 Å². The van der Waals surface area contributed by atoms with Gasteiger partial charge in [0.2, 0.25) is 0 Å². The van der Waals surface area contributed by atoms with Crippen LogP contribution in [-0.4, -0.2) is 147 Å². The van der Waals surface area contributed by atoms with Gasteiger partial charge >= 0.3 is 0 Å². The molecular weight excluding hydrogens is 763 g/mol. The molecule has 10 aliphatic heterocycles. The van der Waals surface area contributed by atoms with Crippen LogP contribution in [0, 0.1) is 11.8 Å². The number of nitrogens with two attached hydrogens (primary N) is 1. The zero-order valence-corrected chi connectivity index (χ0v) is 34.3. The molecule has 10 aliphatic rings. The van der Waals surface area contributed by atoms with E-state index in [-0.39, 0.29) is 122 Å². The molecule has 0 amide bonds. The van der Waals surface area contributed by atoms with Crippen molar-refractivity contribution < 1.29 is 65.5 Å². The van der Waals surface area contributed by atoms with Gasteiger partial charge in [-0.25, -0.2) is 0 Å². The normalized spacial score (nSPS) is 48.8. The van der Waals surface area contributed by atoms with Crippen molar-refractivity contribution in [3.05, 3.63) is 24.3 Å². The van der Waals surface area contributed by atoms with E-state index in [0.29, 0.717) is 31.9 Å². The number of rotatable bonds is 4. The molecule has 4 unspecified atom stereocenters. The maximum atomic E-state index is 14.1. The van der Waals surface area contributed by atoms with E-state index in [9.17, 15) is 18.3 Å². The summed E-state index contributed by atoms with van der Waals surface area (Å²) in [6, 6.07) is 0. The lowest BCUT2D eigenvalue weighted by Crippen LogP contribution is -2.61. The fourth-order valence-corrected chi connectivity index (χ4v) is 11.3. The van der Waals surface area contributed by atoms with Crippen molar-refractivity contribution in [3.8, 4) is 0 Å². The Morgan fingerprint density at radius 1 is 0.825 bits per heavy atom. The van der Waals surface area contributed by atoms with Gasteiger partial charge in [0.15, 0.2) is 5.79 Å². The summed E-state index contributed by atoms with van der Waals surface area (Å²) in [4.78, 5) is 14.1. The second-order valence-corrected chi connectivity index (χ2v) is 19.6. The Hall–Kier alpha value is -1.38. The highest BCUT2D eigenvalue weighted by molar-refractivity contribution is 7.85. The number of ketones is 1. The summed E-state index contributed by atoms with van der Waals surface area (Å²) >= 11 is 0. The van der Waals surface area contributed by atoms with Gasteiger partial charge in [0.05, 0.1) is 73.4 Å². The van der Waals surface area contributed by atoms with E-state index in [1.165, 1.54) is 0 Å². The first-order chi connectivity index (χ1) is 27.1. The van der Waals surface area contributed by atoms with Gasteiger partial charge in [-0.2, -0.15) is 8.42 Å². The number of fused-ring (bicyclic) bond motifs is 6. The number of aliphatic hydroxyl groups is 1. The van der Waals surface area contributed by atoms with E-state index in [0.717, 1.165) is 56.1 Å². The molecule has 322 valence electrons. The predicted molar refractivity (Wildman–Crippen MR) is 204 cm³/mol. The van der Waals surface area contributed by atoms with Gasteiger partial charge in [0, 0.05) is 58.1 Å². The van der Waals surface area contributed by atoms with Crippen molar-refractivity contribution in [3.63, 3.8) is 0 Å². The average Bonchev–Trinajstić information content (AvgIpc) is 3.82. The first-order valence-corrected chi connectivity index (χ1v) is 22.9. The van der Waals surface area contributed by atoms with Crippen LogP contribution in [0.4, 0.5) is 0 Å². The first kappa shape index (κ1) is 42.3. The lowest BCUT2D eigenvalue weighted by molar-refractivity contribution is -0.292. The third-order valence-electron chi connectivity index (χ3n) is 14.0. The van der Waals surface area contributed by atoms with E-state index in [4.69, 9.17) is 52.9 Å². The highest BCUT2D eigenvalue weighted by Crippen LogP contribution is 2.54. The minimum Gasteiger partial charge on any atom is -0.392 e. The SMILES string of the molecule is C=C1C[C@@H]2CC[C@@]34C[C@H]5O[C@H]6[C@@H](O3)[C@H]3OC(CC[C@@H]3O[C@H]6C5O4)CC(=O)C[C@@H]3[C@@H](OC)[C@@H](C[C@H](O)CN)O[C@H]3CC3O[C@@H](CCC1O2)C[C@@H](C)C3=C.CS(=O)(=O)O. The minimum absolute atomic E-state index is 0.0158. The van der Waals surface area contributed by atoms with Gasteiger partial charge in [-0.1, -0.05) is 20.1 Å². The van der Waals surface area contributed by atoms with Gasteiger partial charge in [-0.3, -0.25) is 9.35 Å². The van der Waals surface area contributed by atoms with Crippen LogP contribution >= 0.6 is 0 Å². The van der Waals surface area contributed by atoms with Gasteiger partial charge < -0.3 is 53.5 Å². The number of carbonyl (C=O) groups is 1. The number of ether oxygens (including phenoxy) is 9. The van der Waals surface area contributed by atoms with E-state index in [2.05, 4.69) is 20.1 Å². The maximum absolute atomic E-state index is 14.1. The molecule has 10 rings (SSSR count). The monoisotopic (exact) mass is 825 g/mol. The second-order valence-electron chi connectivity index (χ2n) is 18.2. The summed E-state index contributed by atoms with van der Waals surface area (Å²) in [5.41, 5.74) is 8.01. The van der Waals surface area contributed by atoms with Crippen LogP contribution in [-0.2, 0) is 57.5 Å². The molecule has 15 nitrogen and oxygen atoms in total. The Bertz CT molecular complexity index is 1600. The first-order valence-electron chi connectivity index (χ1n) is 21.1.